The molecule has 0 radical (unpaired) electrons. The average molecular weight is 636 g/mol. The van der Waals surface area contributed by atoms with Gasteiger partial charge in [-0.2, -0.15) is 15.8 Å². The molecule has 230 valence electrons. The van der Waals surface area contributed by atoms with Gasteiger partial charge in [0.05, 0.1) is 62.7 Å². The average Bonchev–Trinajstić information content (AvgIpc) is 3.69. The summed E-state index contributed by atoms with van der Waals surface area (Å²) in [5.74, 6) is 0. The van der Waals surface area contributed by atoms with Gasteiger partial charge in [-0.05, 0) is 89.5 Å². The second-order valence-electron chi connectivity index (χ2n) is 12.3. The summed E-state index contributed by atoms with van der Waals surface area (Å²) >= 11 is 0. The lowest BCUT2D eigenvalue weighted by molar-refractivity contribution is 1.18. The van der Waals surface area contributed by atoms with Crippen molar-refractivity contribution in [3.05, 3.63) is 168 Å². The Morgan fingerprint density at radius 1 is 0.360 bits per heavy atom. The van der Waals surface area contributed by atoms with Crippen LogP contribution in [-0.2, 0) is 0 Å². The van der Waals surface area contributed by atoms with Crippen LogP contribution in [0, 0.1) is 34.0 Å². The van der Waals surface area contributed by atoms with Gasteiger partial charge in [0.2, 0.25) is 0 Å². The van der Waals surface area contributed by atoms with Gasteiger partial charge >= 0.3 is 0 Å². The quantitative estimate of drug-likeness (QED) is 0.193. The zero-order valence-corrected chi connectivity index (χ0v) is 26.7. The highest BCUT2D eigenvalue weighted by atomic mass is 15.0. The van der Waals surface area contributed by atoms with E-state index in [4.69, 9.17) is 0 Å². The van der Waals surface area contributed by atoms with Crippen LogP contribution in [0.2, 0.25) is 0 Å². The number of nitriles is 3. The Kier molecular flexibility index (Phi) is 6.56. The molecule has 0 atom stereocenters. The van der Waals surface area contributed by atoms with Gasteiger partial charge in [-0.15, -0.1) is 0 Å². The van der Waals surface area contributed by atoms with E-state index in [0.29, 0.717) is 16.7 Å². The van der Waals surface area contributed by atoms with Crippen molar-refractivity contribution in [2.75, 3.05) is 0 Å². The maximum absolute atomic E-state index is 10.0. The van der Waals surface area contributed by atoms with Crippen LogP contribution in [0.5, 0.6) is 0 Å². The van der Waals surface area contributed by atoms with Crippen LogP contribution in [0.3, 0.4) is 0 Å². The zero-order valence-electron chi connectivity index (χ0n) is 26.7. The number of nitrogens with zero attached hydrogens (tertiary/aromatic N) is 5. The Labute approximate surface area is 287 Å². The summed E-state index contributed by atoms with van der Waals surface area (Å²) in [7, 11) is 0. The zero-order chi connectivity index (χ0) is 33.8. The minimum Gasteiger partial charge on any atom is -0.309 e. The minimum atomic E-state index is 0.564. The molecule has 0 fully saturated rings. The molecule has 0 aliphatic heterocycles. The molecule has 0 N–H and O–H groups in total. The van der Waals surface area contributed by atoms with Gasteiger partial charge in [-0.25, -0.2) is 0 Å². The van der Waals surface area contributed by atoms with E-state index < -0.39 is 0 Å². The topological polar surface area (TPSA) is 81.2 Å². The summed E-state index contributed by atoms with van der Waals surface area (Å²) in [6.45, 7) is 0. The van der Waals surface area contributed by atoms with Crippen LogP contribution in [0.4, 0.5) is 0 Å². The highest BCUT2D eigenvalue weighted by Gasteiger charge is 2.19. The van der Waals surface area contributed by atoms with E-state index in [1.165, 1.54) is 0 Å². The van der Waals surface area contributed by atoms with E-state index in [0.717, 1.165) is 77.2 Å². The number of hydrogen-bond acceptors (Lipinski definition) is 3. The second kappa shape index (κ2) is 11.4. The molecular formula is C45H25N5. The molecule has 2 heterocycles. The second-order valence-corrected chi connectivity index (χ2v) is 12.3. The van der Waals surface area contributed by atoms with Gasteiger partial charge in [0, 0.05) is 32.8 Å². The van der Waals surface area contributed by atoms with Crippen molar-refractivity contribution in [3.8, 4) is 51.8 Å². The lowest BCUT2D eigenvalue weighted by atomic mass is 9.92. The summed E-state index contributed by atoms with van der Waals surface area (Å²) in [6, 6.07) is 57.9. The number of para-hydroxylation sites is 2. The number of fused-ring (bicyclic) bond motifs is 6. The van der Waals surface area contributed by atoms with Crippen molar-refractivity contribution in [3.63, 3.8) is 0 Å². The molecule has 0 bridgehead atoms. The molecule has 7 aromatic carbocycles. The fourth-order valence-corrected chi connectivity index (χ4v) is 7.42. The molecule has 9 aromatic rings. The first kappa shape index (κ1) is 28.8. The van der Waals surface area contributed by atoms with Crippen LogP contribution < -0.4 is 0 Å². The first-order chi connectivity index (χ1) is 24.7. The molecular weight excluding hydrogens is 611 g/mol. The Morgan fingerprint density at radius 2 is 0.880 bits per heavy atom. The molecule has 0 amide bonds. The van der Waals surface area contributed by atoms with Crippen LogP contribution in [-0.4, -0.2) is 9.13 Å². The van der Waals surface area contributed by atoms with Crippen LogP contribution in [0.15, 0.2) is 152 Å². The van der Waals surface area contributed by atoms with E-state index in [-0.39, 0.29) is 0 Å². The van der Waals surface area contributed by atoms with Gasteiger partial charge in [0.25, 0.3) is 0 Å². The van der Waals surface area contributed by atoms with Crippen LogP contribution >= 0.6 is 0 Å². The summed E-state index contributed by atoms with van der Waals surface area (Å²) in [4.78, 5) is 0. The van der Waals surface area contributed by atoms with Crippen molar-refractivity contribution in [2.45, 2.75) is 0 Å². The smallest absolute Gasteiger partial charge is 0.0992 e. The van der Waals surface area contributed by atoms with E-state index in [1.807, 2.05) is 78.9 Å². The maximum atomic E-state index is 10.0. The number of benzene rings is 7. The van der Waals surface area contributed by atoms with Crippen molar-refractivity contribution < 1.29 is 0 Å². The molecule has 0 aliphatic carbocycles. The fourth-order valence-electron chi connectivity index (χ4n) is 7.42. The largest absolute Gasteiger partial charge is 0.309 e. The molecule has 0 aliphatic rings. The van der Waals surface area contributed by atoms with Gasteiger partial charge in [0.15, 0.2) is 0 Å². The highest BCUT2D eigenvalue weighted by Crippen LogP contribution is 2.41. The van der Waals surface area contributed by atoms with E-state index in [1.54, 1.807) is 0 Å². The molecule has 0 unspecified atom stereocenters. The maximum Gasteiger partial charge on any atom is 0.0992 e. The molecule has 2 aromatic heterocycles. The summed E-state index contributed by atoms with van der Waals surface area (Å²) < 4.78 is 4.47. The van der Waals surface area contributed by atoms with Crippen molar-refractivity contribution in [1.82, 2.24) is 9.13 Å². The summed E-state index contributed by atoms with van der Waals surface area (Å²) in [6.07, 6.45) is 0. The molecule has 0 spiro atoms. The molecule has 0 saturated heterocycles. The lowest BCUT2D eigenvalue weighted by Gasteiger charge is -2.18. The molecule has 5 nitrogen and oxygen atoms in total. The highest BCUT2D eigenvalue weighted by molar-refractivity contribution is 6.11. The Balaban J connectivity index is 1.28. The molecule has 9 rings (SSSR count). The minimum absolute atomic E-state index is 0.564. The lowest BCUT2D eigenvalue weighted by Crippen LogP contribution is -1.99. The van der Waals surface area contributed by atoms with E-state index in [9.17, 15) is 15.8 Å². The predicted molar refractivity (Wildman–Crippen MR) is 200 cm³/mol. The van der Waals surface area contributed by atoms with E-state index >= 15 is 0 Å². The fraction of sp³-hybridized carbons (Fsp3) is 0. The van der Waals surface area contributed by atoms with Gasteiger partial charge in [-0.3, -0.25) is 0 Å². The van der Waals surface area contributed by atoms with Crippen molar-refractivity contribution in [1.29, 1.82) is 15.8 Å². The summed E-state index contributed by atoms with van der Waals surface area (Å²) in [5, 5.41) is 33.5. The van der Waals surface area contributed by atoms with Gasteiger partial charge in [0.1, 0.15) is 0 Å². The monoisotopic (exact) mass is 635 g/mol. The third kappa shape index (κ3) is 4.38. The third-order valence-corrected chi connectivity index (χ3v) is 9.60. The van der Waals surface area contributed by atoms with E-state index in [2.05, 4.69) is 100 Å². The number of hydrogen-bond donors (Lipinski definition) is 0. The normalized spacial score (nSPS) is 11.1. The van der Waals surface area contributed by atoms with Gasteiger partial charge < -0.3 is 9.13 Å². The van der Waals surface area contributed by atoms with Crippen LogP contribution in [0.1, 0.15) is 16.7 Å². The Hall–Kier alpha value is -7.39. The van der Waals surface area contributed by atoms with Crippen molar-refractivity contribution in [2.24, 2.45) is 0 Å². The Bertz CT molecular complexity index is 2970. The first-order valence-electron chi connectivity index (χ1n) is 16.3. The van der Waals surface area contributed by atoms with Crippen molar-refractivity contribution >= 4 is 43.6 Å². The third-order valence-electron chi connectivity index (χ3n) is 9.60. The number of rotatable bonds is 4. The number of aromatic nitrogens is 2. The van der Waals surface area contributed by atoms with Gasteiger partial charge in [-0.1, -0.05) is 78.9 Å². The molecule has 50 heavy (non-hydrogen) atoms. The Morgan fingerprint density at radius 3 is 1.54 bits per heavy atom. The molecule has 0 saturated carbocycles. The van der Waals surface area contributed by atoms with Crippen LogP contribution in [0.25, 0.3) is 77.2 Å². The molecule has 5 heteroatoms. The summed E-state index contributed by atoms with van der Waals surface area (Å²) in [5.41, 5.74) is 11.9. The SMILES string of the molecule is N#Cc1ccc(-c2ccccc2-c2cccc(-n3c4ccccc4c4cc(C#N)ccc43)c2)c(-n2c3ccccc3c3cc(C#N)ccc32)c1. The first-order valence-corrected chi connectivity index (χ1v) is 16.3. The standard InChI is InChI=1S/C45H25N5/c46-26-29-17-20-43-39(22-29)36-12-3-5-14-41(36)49(43)33-9-7-8-32(25-33)34-10-1-2-11-35(34)38-19-16-31(28-48)24-45(38)50-42-15-6-4-13-37(42)40-23-30(27-47)18-21-44(40)50/h1-25H. The predicted octanol–water partition coefficient (Wildman–Crippen LogP) is 10.8.